The molecule has 0 aromatic heterocycles. The number of benzene rings is 7. The third-order valence-corrected chi connectivity index (χ3v) is 12.4. The Morgan fingerprint density at radius 2 is 0.462 bits per heavy atom. The van der Waals surface area contributed by atoms with Crippen molar-refractivity contribution < 1.29 is 87.8 Å². The van der Waals surface area contributed by atoms with Gasteiger partial charge >= 0.3 is 0 Å². The van der Waals surface area contributed by atoms with Crippen LogP contribution in [0.1, 0.15) is 5.56 Å². The summed E-state index contributed by atoms with van der Waals surface area (Å²) in [6, 6.07) is 30.2. The molecule has 0 bridgehead atoms. The minimum Gasteiger partial charge on any atom is -0.207 e. The minimum absolute atomic E-state index is 0.0262. The number of rotatable bonds is 7. The average molecular weight is 956 g/mol. The van der Waals surface area contributed by atoms with Crippen LogP contribution in [0.4, 0.5) is 87.8 Å². The van der Waals surface area contributed by atoms with Crippen LogP contribution in [0.2, 0.25) is 0 Å². The van der Waals surface area contributed by atoms with Crippen molar-refractivity contribution in [1.29, 1.82) is 0 Å². The highest BCUT2D eigenvalue weighted by Gasteiger charge is 2.52. The average Bonchev–Trinajstić information content (AvgIpc) is 3.30. The van der Waals surface area contributed by atoms with Crippen LogP contribution in [0.25, 0.3) is 0 Å². The van der Waals surface area contributed by atoms with E-state index in [1.165, 1.54) is 20.2 Å². The predicted octanol–water partition coefficient (Wildman–Crippen LogP) is 10.9. The molecule has 0 fully saturated rings. The second-order valence-corrected chi connectivity index (χ2v) is 15.5. The van der Waals surface area contributed by atoms with Crippen molar-refractivity contribution in [3.05, 3.63) is 207 Å². The summed E-state index contributed by atoms with van der Waals surface area (Å²) in [6.45, 7) is 2.20. The second kappa shape index (κ2) is 18.2. The van der Waals surface area contributed by atoms with Gasteiger partial charge in [-0.25, -0.2) is 87.8 Å². The lowest BCUT2D eigenvalue weighted by Crippen LogP contribution is -2.81. The van der Waals surface area contributed by atoms with Crippen molar-refractivity contribution >= 4 is 38.9 Å². The summed E-state index contributed by atoms with van der Waals surface area (Å²) in [5, 5.41) is 0. The topological polar surface area (TPSA) is 0 Å². The molecule has 65 heavy (non-hydrogen) atoms. The van der Waals surface area contributed by atoms with E-state index >= 15 is 35.1 Å². The van der Waals surface area contributed by atoms with Gasteiger partial charge < -0.3 is 0 Å². The maximum Gasteiger partial charge on any atom is 0.200 e. The van der Waals surface area contributed by atoms with Crippen molar-refractivity contribution in [2.24, 2.45) is 0 Å². The molecule has 0 radical (unpaired) electrons. The molecule has 0 aliphatic heterocycles. The Hall–Kier alpha value is -6.45. The SMILES string of the molecule is Cc1ccccc1[S+](c1ccccc1)c1ccccc1.Fc1c(F)c(F)c([B-](c2c(F)c(F)c(F)c(F)c2F)(c2c(F)c(F)c(F)c(F)c2F)c2c(F)c(F)c(F)c(F)c2F)c(F)c1F. The van der Waals surface area contributed by atoms with Crippen LogP contribution in [-0.2, 0) is 10.9 Å². The van der Waals surface area contributed by atoms with Crippen molar-refractivity contribution in [3.8, 4) is 0 Å². The molecule has 0 amide bonds. The fraction of sp³-hybridized carbons (Fsp3) is 0.0233. The molecular formula is C43H17BF20S. The van der Waals surface area contributed by atoms with Gasteiger partial charge in [0.2, 0.25) is 0 Å². The van der Waals surface area contributed by atoms with Gasteiger partial charge in [-0.2, -0.15) is 0 Å². The van der Waals surface area contributed by atoms with E-state index in [1.54, 1.807) is 0 Å². The van der Waals surface area contributed by atoms with Crippen LogP contribution in [-0.4, -0.2) is 6.15 Å². The van der Waals surface area contributed by atoms with E-state index in [-0.39, 0.29) is 10.9 Å². The summed E-state index contributed by atoms with van der Waals surface area (Å²) >= 11 is 0. The van der Waals surface area contributed by atoms with E-state index in [4.69, 9.17) is 0 Å². The minimum atomic E-state index is -7.22. The molecule has 7 aromatic carbocycles. The van der Waals surface area contributed by atoms with E-state index in [0.717, 1.165) is 0 Å². The van der Waals surface area contributed by atoms with Gasteiger partial charge in [0.1, 0.15) is 52.7 Å². The first-order valence-corrected chi connectivity index (χ1v) is 18.9. The lowest BCUT2D eigenvalue weighted by molar-refractivity contribution is 0.378. The van der Waals surface area contributed by atoms with Gasteiger partial charge in [0, 0.05) is 5.56 Å². The van der Waals surface area contributed by atoms with Crippen molar-refractivity contribution in [3.63, 3.8) is 0 Å². The fourth-order valence-corrected chi connectivity index (χ4v) is 9.41. The quantitative estimate of drug-likeness (QED) is 0.0491. The summed E-state index contributed by atoms with van der Waals surface area (Å²) < 4.78 is 294. The zero-order chi connectivity index (χ0) is 48.1. The van der Waals surface area contributed by atoms with Gasteiger partial charge in [0.15, 0.2) is 84.5 Å². The summed E-state index contributed by atoms with van der Waals surface area (Å²) in [6.07, 6.45) is -7.22. The highest BCUT2D eigenvalue weighted by atomic mass is 32.2. The van der Waals surface area contributed by atoms with Gasteiger partial charge in [-0.3, -0.25) is 0 Å². The molecule has 0 N–H and O–H groups in total. The first-order chi connectivity index (χ1) is 30.6. The van der Waals surface area contributed by atoms with Crippen molar-refractivity contribution in [1.82, 2.24) is 0 Å². The molecule has 0 heterocycles. The summed E-state index contributed by atoms with van der Waals surface area (Å²) in [4.78, 5) is 4.14. The molecule has 0 unspecified atom stereocenters. The molecule has 22 heteroatoms. The van der Waals surface area contributed by atoms with Gasteiger partial charge in [0.25, 0.3) is 0 Å². The van der Waals surface area contributed by atoms with E-state index < -0.39 is 144 Å². The zero-order valence-corrected chi connectivity index (χ0v) is 32.4. The van der Waals surface area contributed by atoms with Crippen molar-refractivity contribution in [2.75, 3.05) is 0 Å². The van der Waals surface area contributed by atoms with E-state index in [0.29, 0.717) is 0 Å². The third-order valence-electron chi connectivity index (χ3n) is 9.98. The van der Waals surface area contributed by atoms with Crippen LogP contribution in [0.15, 0.2) is 99.6 Å². The lowest BCUT2D eigenvalue weighted by atomic mass is 9.12. The number of aryl methyl sites for hydroxylation is 1. The lowest BCUT2D eigenvalue weighted by Gasteiger charge is -2.44. The normalized spacial score (nSPS) is 11.6. The standard InChI is InChI=1S/C24BF20.C19H17S/c26-5-1(6(27)14(35)21(42)13(5)34)25(2-7(28)15(36)22(43)16(37)8(2)29,3-9(30)17(38)23(44)18(39)10(3)31)4-11(32)19(40)24(45)20(41)12(4)33;1-16-10-8-9-15-19(16)20(17-11-4-2-5-12-17)18-13-6-3-7-14-18/h;2-15H,1H3/q-1;+1. The largest absolute Gasteiger partial charge is 0.207 e. The van der Waals surface area contributed by atoms with E-state index in [1.807, 2.05) is 0 Å². The van der Waals surface area contributed by atoms with E-state index in [9.17, 15) is 52.7 Å². The van der Waals surface area contributed by atoms with Crippen LogP contribution >= 0.6 is 0 Å². The van der Waals surface area contributed by atoms with E-state index in [2.05, 4.69) is 91.9 Å². The molecule has 0 aliphatic carbocycles. The Kier molecular flexibility index (Phi) is 13.5. The van der Waals surface area contributed by atoms with Crippen LogP contribution in [0.5, 0.6) is 0 Å². The number of halogens is 20. The Morgan fingerprint density at radius 1 is 0.262 bits per heavy atom. The molecule has 0 spiro atoms. The second-order valence-electron chi connectivity index (χ2n) is 13.5. The number of hydrogen-bond acceptors (Lipinski definition) is 0. The summed E-state index contributed by atoms with van der Waals surface area (Å²) in [5.41, 5.74) is -13.0. The number of hydrogen-bond donors (Lipinski definition) is 0. The Morgan fingerprint density at radius 3 is 0.692 bits per heavy atom. The van der Waals surface area contributed by atoms with Crippen LogP contribution in [0.3, 0.4) is 0 Å². The van der Waals surface area contributed by atoms with Gasteiger partial charge in [-0.1, -0.05) is 54.6 Å². The fourth-order valence-electron chi connectivity index (χ4n) is 7.16. The third kappa shape index (κ3) is 7.63. The van der Waals surface area contributed by atoms with Crippen molar-refractivity contribution in [2.45, 2.75) is 21.6 Å². The highest BCUT2D eigenvalue weighted by Crippen LogP contribution is 2.34. The molecule has 0 atom stereocenters. The maximum absolute atomic E-state index is 15.4. The van der Waals surface area contributed by atoms with Gasteiger partial charge in [-0.05, 0) is 37.3 Å². The Bertz CT molecular complexity index is 2580. The maximum atomic E-state index is 15.4. The van der Waals surface area contributed by atoms with Gasteiger partial charge in [-0.15, -0.1) is 21.9 Å². The van der Waals surface area contributed by atoms with Gasteiger partial charge in [0.05, 0.1) is 10.9 Å². The Balaban J connectivity index is 0.000000289. The molecule has 0 nitrogen and oxygen atoms in total. The molecule has 7 rings (SSSR count). The molecule has 7 aromatic rings. The smallest absolute Gasteiger partial charge is 0.200 e. The Labute approximate surface area is 354 Å². The summed E-state index contributed by atoms with van der Waals surface area (Å²) in [7, 11) is -0.0262. The van der Waals surface area contributed by atoms with Crippen LogP contribution in [0, 0.1) is 123 Å². The first-order valence-electron chi connectivity index (χ1n) is 17.7. The molecule has 0 aliphatic rings. The zero-order valence-electron chi connectivity index (χ0n) is 31.6. The molecule has 338 valence electrons. The molecule has 0 saturated heterocycles. The molecule has 0 saturated carbocycles. The first kappa shape index (κ1) is 48.0. The monoisotopic (exact) mass is 956 g/mol. The van der Waals surface area contributed by atoms with Crippen LogP contribution < -0.4 is 21.9 Å². The predicted molar refractivity (Wildman–Crippen MR) is 195 cm³/mol. The highest BCUT2D eigenvalue weighted by molar-refractivity contribution is 7.97. The summed E-state index contributed by atoms with van der Waals surface area (Å²) in [5.74, 6) is -71.4. The molecular weight excluding hydrogens is 939 g/mol.